The molecule has 0 unspecified atom stereocenters. The molecule has 0 bridgehead atoms. The summed E-state index contributed by atoms with van der Waals surface area (Å²) in [6, 6.07) is 11.6. The second kappa shape index (κ2) is 7.43. The maximum atomic E-state index is 13.1. The van der Waals surface area contributed by atoms with E-state index in [1.165, 1.54) is 16.4 Å². The second-order valence-corrected chi connectivity index (χ2v) is 8.80. The SMILES string of the molecule is CCc1cc(Br)ccc1S(=O)(=O)N1CCN(c2ccc(F)cc2)CC1. The Kier molecular flexibility index (Phi) is 5.46. The number of nitrogens with zero attached hydrogens (tertiary/aromatic N) is 2. The van der Waals surface area contributed by atoms with Crippen molar-refractivity contribution in [3.63, 3.8) is 0 Å². The molecular formula is C18H20BrFN2O2S. The summed E-state index contributed by atoms with van der Waals surface area (Å²) < 4.78 is 41.5. The van der Waals surface area contributed by atoms with Gasteiger partial charge >= 0.3 is 0 Å². The molecule has 0 aliphatic carbocycles. The van der Waals surface area contributed by atoms with Gasteiger partial charge < -0.3 is 4.90 Å². The van der Waals surface area contributed by atoms with Crippen molar-refractivity contribution in [3.05, 3.63) is 58.3 Å². The van der Waals surface area contributed by atoms with Crippen LogP contribution in [0, 0.1) is 5.82 Å². The van der Waals surface area contributed by atoms with E-state index in [0.717, 1.165) is 15.7 Å². The predicted molar refractivity (Wildman–Crippen MR) is 101 cm³/mol. The number of piperazine rings is 1. The smallest absolute Gasteiger partial charge is 0.243 e. The molecule has 2 aromatic rings. The van der Waals surface area contributed by atoms with Crippen LogP contribution < -0.4 is 4.90 Å². The highest BCUT2D eigenvalue weighted by molar-refractivity contribution is 9.10. The monoisotopic (exact) mass is 426 g/mol. The molecule has 25 heavy (non-hydrogen) atoms. The fraction of sp³-hybridized carbons (Fsp3) is 0.333. The van der Waals surface area contributed by atoms with Crippen molar-refractivity contribution in [2.75, 3.05) is 31.1 Å². The third kappa shape index (κ3) is 3.88. The van der Waals surface area contributed by atoms with Gasteiger partial charge in [0, 0.05) is 36.3 Å². The number of benzene rings is 2. The summed E-state index contributed by atoms with van der Waals surface area (Å²) >= 11 is 3.40. The van der Waals surface area contributed by atoms with Crippen molar-refractivity contribution in [2.24, 2.45) is 0 Å². The van der Waals surface area contributed by atoms with Crippen molar-refractivity contribution in [1.29, 1.82) is 0 Å². The molecule has 0 amide bonds. The molecule has 1 saturated heterocycles. The average Bonchev–Trinajstić information content (AvgIpc) is 2.62. The van der Waals surface area contributed by atoms with Crippen LogP contribution in [0.5, 0.6) is 0 Å². The normalized spacial score (nSPS) is 16.2. The summed E-state index contributed by atoms with van der Waals surface area (Å²) in [7, 11) is -3.51. The largest absolute Gasteiger partial charge is 0.369 e. The summed E-state index contributed by atoms with van der Waals surface area (Å²) in [6.45, 7) is 3.96. The van der Waals surface area contributed by atoms with Crippen molar-refractivity contribution in [1.82, 2.24) is 4.31 Å². The number of hydrogen-bond donors (Lipinski definition) is 0. The number of sulfonamides is 1. The standard InChI is InChI=1S/C18H20BrFN2O2S/c1-2-14-13-15(19)3-8-18(14)25(23,24)22-11-9-21(10-12-22)17-6-4-16(20)5-7-17/h3-8,13H,2,9-12H2,1H3. The van der Waals surface area contributed by atoms with Gasteiger partial charge in [-0.15, -0.1) is 0 Å². The van der Waals surface area contributed by atoms with E-state index in [1.54, 1.807) is 24.3 Å². The van der Waals surface area contributed by atoms with Gasteiger partial charge in [0.15, 0.2) is 0 Å². The zero-order valence-electron chi connectivity index (χ0n) is 14.0. The van der Waals surface area contributed by atoms with Crippen LogP contribution in [-0.4, -0.2) is 38.9 Å². The summed E-state index contributed by atoms with van der Waals surface area (Å²) in [5, 5.41) is 0. The second-order valence-electron chi connectivity index (χ2n) is 5.97. The van der Waals surface area contributed by atoms with E-state index in [1.807, 2.05) is 13.0 Å². The topological polar surface area (TPSA) is 40.6 Å². The number of halogens is 2. The molecule has 0 atom stereocenters. The fourth-order valence-electron chi connectivity index (χ4n) is 3.05. The van der Waals surface area contributed by atoms with E-state index < -0.39 is 10.0 Å². The lowest BCUT2D eigenvalue weighted by molar-refractivity contribution is 0.384. The van der Waals surface area contributed by atoms with Crippen LogP contribution in [-0.2, 0) is 16.4 Å². The first-order chi connectivity index (χ1) is 11.9. The van der Waals surface area contributed by atoms with Gasteiger partial charge in [0.1, 0.15) is 5.82 Å². The first-order valence-corrected chi connectivity index (χ1v) is 10.4. The van der Waals surface area contributed by atoms with Gasteiger partial charge in [-0.25, -0.2) is 12.8 Å². The van der Waals surface area contributed by atoms with Gasteiger partial charge in [-0.05, 0) is 54.4 Å². The third-order valence-corrected chi connectivity index (χ3v) is 6.94. The van der Waals surface area contributed by atoms with Crippen molar-refractivity contribution in [3.8, 4) is 0 Å². The molecule has 1 aliphatic rings. The van der Waals surface area contributed by atoms with Gasteiger partial charge in [-0.3, -0.25) is 0 Å². The minimum Gasteiger partial charge on any atom is -0.369 e. The quantitative estimate of drug-likeness (QED) is 0.748. The summed E-state index contributed by atoms with van der Waals surface area (Å²) in [5.74, 6) is -0.271. The molecule has 3 rings (SSSR count). The average molecular weight is 427 g/mol. The van der Waals surface area contributed by atoms with Crippen molar-refractivity contribution >= 4 is 31.6 Å². The van der Waals surface area contributed by atoms with Crippen LogP contribution in [0.2, 0.25) is 0 Å². The van der Waals surface area contributed by atoms with E-state index in [2.05, 4.69) is 20.8 Å². The summed E-state index contributed by atoms with van der Waals surface area (Å²) in [4.78, 5) is 2.46. The number of hydrogen-bond acceptors (Lipinski definition) is 3. The highest BCUT2D eigenvalue weighted by Crippen LogP contribution is 2.26. The van der Waals surface area contributed by atoms with Crippen LogP contribution in [0.25, 0.3) is 0 Å². The lowest BCUT2D eigenvalue weighted by Gasteiger charge is -2.35. The number of aryl methyl sites for hydroxylation is 1. The lowest BCUT2D eigenvalue weighted by Crippen LogP contribution is -2.48. The summed E-state index contributed by atoms with van der Waals surface area (Å²) in [6.07, 6.45) is 0.656. The minimum atomic E-state index is -3.51. The minimum absolute atomic E-state index is 0.271. The van der Waals surface area contributed by atoms with Crippen LogP contribution in [0.15, 0.2) is 51.8 Å². The van der Waals surface area contributed by atoms with Crippen LogP contribution >= 0.6 is 15.9 Å². The highest BCUT2D eigenvalue weighted by atomic mass is 79.9. The number of anilines is 1. The fourth-order valence-corrected chi connectivity index (χ4v) is 5.16. The number of rotatable bonds is 4. The Morgan fingerprint density at radius 3 is 2.28 bits per heavy atom. The molecule has 4 nitrogen and oxygen atoms in total. The van der Waals surface area contributed by atoms with Crippen molar-refractivity contribution in [2.45, 2.75) is 18.2 Å². The van der Waals surface area contributed by atoms with Gasteiger partial charge in [-0.2, -0.15) is 4.31 Å². The van der Waals surface area contributed by atoms with Crippen LogP contribution in [0.4, 0.5) is 10.1 Å². The zero-order chi connectivity index (χ0) is 18.0. The Morgan fingerprint density at radius 1 is 1.04 bits per heavy atom. The molecule has 1 heterocycles. The zero-order valence-corrected chi connectivity index (χ0v) is 16.4. The van der Waals surface area contributed by atoms with Gasteiger partial charge in [0.2, 0.25) is 10.0 Å². The lowest BCUT2D eigenvalue weighted by atomic mass is 10.2. The highest BCUT2D eigenvalue weighted by Gasteiger charge is 2.30. The van der Waals surface area contributed by atoms with E-state index in [9.17, 15) is 12.8 Å². The first-order valence-electron chi connectivity index (χ1n) is 8.21. The van der Waals surface area contributed by atoms with Crippen LogP contribution in [0.3, 0.4) is 0 Å². The molecule has 2 aromatic carbocycles. The Labute approximate surface area is 156 Å². The van der Waals surface area contributed by atoms with Crippen molar-refractivity contribution < 1.29 is 12.8 Å². The van der Waals surface area contributed by atoms with E-state index in [-0.39, 0.29) is 5.82 Å². The van der Waals surface area contributed by atoms with Gasteiger partial charge in [0.25, 0.3) is 0 Å². The van der Waals surface area contributed by atoms with E-state index in [0.29, 0.717) is 37.5 Å². The third-order valence-electron chi connectivity index (χ3n) is 4.45. The Morgan fingerprint density at radius 2 is 1.68 bits per heavy atom. The summed E-state index contributed by atoms with van der Waals surface area (Å²) in [5.41, 5.74) is 1.73. The molecule has 1 fully saturated rings. The van der Waals surface area contributed by atoms with Crippen LogP contribution in [0.1, 0.15) is 12.5 Å². The Balaban J connectivity index is 1.77. The Hall–Kier alpha value is -1.44. The molecule has 1 aliphatic heterocycles. The molecule has 0 radical (unpaired) electrons. The molecule has 0 saturated carbocycles. The molecule has 0 aromatic heterocycles. The van der Waals surface area contributed by atoms with Gasteiger partial charge in [0.05, 0.1) is 4.90 Å². The maximum absolute atomic E-state index is 13.1. The Bertz CT molecular complexity index is 848. The van der Waals surface area contributed by atoms with E-state index in [4.69, 9.17) is 0 Å². The molecule has 0 N–H and O–H groups in total. The first kappa shape index (κ1) is 18.4. The molecular weight excluding hydrogens is 407 g/mol. The van der Waals surface area contributed by atoms with E-state index >= 15 is 0 Å². The maximum Gasteiger partial charge on any atom is 0.243 e. The molecule has 0 spiro atoms. The predicted octanol–water partition coefficient (Wildman–Crippen LogP) is 3.66. The molecule has 7 heteroatoms. The molecule has 134 valence electrons. The van der Waals surface area contributed by atoms with Gasteiger partial charge in [-0.1, -0.05) is 22.9 Å².